The summed E-state index contributed by atoms with van der Waals surface area (Å²) in [6, 6.07) is 8.64. The Morgan fingerprint density at radius 2 is 1.69 bits per heavy atom. The first-order valence-corrected chi connectivity index (χ1v) is 12.8. The first-order valence-electron chi connectivity index (χ1n) is 12.8. The number of unbranched alkanes of at least 4 members (excludes halogenated alkanes) is 7. The zero-order chi connectivity index (χ0) is 25.9. The Balaban J connectivity index is 1.57. The molecule has 36 heavy (non-hydrogen) atoms. The Kier molecular flexibility index (Phi) is 10.7. The van der Waals surface area contributed by atoms with E-state index in [1.807, 2.05) is 36.4 Å². The van der Waals surface area contributed by atoms with Gasteiger partial charge in [-0.2, -0.15) is 0 Å². The van der Waals surface area contributed by atoms with Crippen LogP contribution in [0.25, 0.3) is 0 Å². The van der Waals surface area contributed by atoms with Crippen molar-refractivity contribution in [3.05, 3.63) is 59.9 Å². The van der Waals surface area contributed by atoms with Crippen LogP contribution in [0.3, 0.4) is 0 Å². The normalized spacial score (nSPS) is 23.6. The number of imide groups is 1. The van der Waals surface area contributed by atoms with Gasteiger partial charge in [-0.15, -0.1) is 0 Å². The first-order chi connectivity index (χ1) is 17.5. The number of aliphatic hydroxyl groups excluding tert-OH is 1. The van der Waals surface area contributed by atoms with E-state index in [0.29, 0.717) is 5.76 Å². The second-order valence-corrected chi connectivity index (χ2v) is 9.19. The number of amides is 2. The fourth-order valence-corrected chi connectivity index (χ4v) is 4.55. The molecular formula is C28H37NO7. The van der Waals surface area contributed by atoms with Crippen molar-refractivity contribution in [2.45, 2.75) is 82.6 Å². The van der Waals surface area contributed by atoms with Gasteiger partial charge in [-0.1, -0.05) is 62.4 Å². The molecule has 0 spiro atoms. The molecule has 196 valence electrons. The Hall–Kier alpha value is -2.97. The van der Waals surface area contributed by atoms with Gasteiger partial charge in [0, 0.05) is 13.7 Å². The molecule has 8 heteroatoms. The van der Waals surface area contributed by atoms with Gasteiger partial charge in [-0.3, -0.25) is 9.59 Å². The minimum Gasteiger partial charge on any atom is -0.479 e. The monoisotopic (exact) mass is 499 g/mol. The zero-order valence-electron chi connectivity index (χ0n) is 21.1. The van der Waals surface area contributed by atoms with Crippen molar-refractivity contribution in [2.75, 3.05) is 13.7 Å². The van der Waals surface area contributed by atoms with E-state index in [4.69, 9.17) is 19.3 Å². The molecule has 8 nitrogen and oxygen atoms in total. The number of ether oxygens (including phenoxy) is 3. The van der Waals surface area contributed by atoms with Crippen LogP contribution < -0.4 is 0 Å². The number of ketones is 1. The summed E-state index contributed by atoms with van der Waals surface area (Å²) in [6.45, 7) is 1.99. The number of carbonyl (C=O) groups excluding carboxylic acids is 3. The van der Waals surface area contributed by atoms with Gasteiger partial charge in [0.15, 0.2) is 18.0 Å². The molecule has 0 aromatic heterocycles. The second-order valence-electron chi connectivity index (χ2n) is 9.19. The third-order valence-electron chi connectivity index (χ3n) is 6.57. The van der Waals surface area contributed by atoms with Crippen LogP contribution >= 0.6 is 0 Å². The number of rotatable bonds is 13. The second kappa shape index (κ2) is 13.9. The van der Waals surface area contributed by atoms with Gasteiger partial charge in [0.05, 0.1) is 6.04 Å². The van der Waals surface area contributed by atoms with Gasteiger partial charge in [-0.05, 0) is 50.0 Å². The maximum Gasteiger partial charge on any atom is 0.417 e. The van der Waals surface area contributed by atoms with E-state index in [1.165, 1.54) is 13.2 Å². The van der Waals surface area contributed by atoms with Crippen LogP contribution in [-0.4, -0.2) is 59.8 Å². The molecule has 1 aromatic carbocycles. The summed E-state index contributed by atoms with van der Waals surface area (Å²) in [6.07, 6.45) is 9.30. The topological polar surface area (TPSA) is 102 Å². The minimum absolute atomic E-state index is 0.259. The van der Waals surface area contributed by atoms with Crippen LogP contribution in [0.1, 0.15) is 70.0 Å². The van der Waals surface area contributed by atoms with Gasteiger partial charge < -0.3 is 19.3 Å². The molecule has 1 aromatic rings. The first kappa shape index (κ1) is 27.6. The van der Waals surface area contributed by atoms with Crippen LogP contribution in [0, 0.1) is 0 Å². The lowest BCUT2D eigenvalue weighted by Crippen LogP contribution is -2.52. The predicted molar refractivity (Wildman–Crippen MR) is 134 cm³/mol. The molecule has 1 N–H and O–H groups in total. The van der Waals surface area contributed by atoms with Gasteiger partial charge in [-0.25, -0.2) is 9.69 Å². The van der Waals surface area contributed by atoms with Crippen LogP contribution in [-0.2, 0) is 23.8 Å². The van der Waals surface area contributed by atoms with E-state index in [1.54, 1.807) is 13.0 Å². The van der Waals surface area contributed by atoms with E-state index in [-0.39, 0.29) is 6.61 Å². The molecular weight excluding hydrogens is 462 g/mol. The number of aliphatic hydroxyl groups is 1. The van der Waals surface area contributed by atoms with Crippen molar-refractivity contribution in [2.24, 2.45) is 0 Å². The number of cyclic esters (lactones) is 1. The van der Waals surface area contributed by atoms with Gasteiger partial charge >= 0.3 is 6.09 Å². The number of methoxy groups -OCH3 is 1. The number of allylic oxidation sites excluding steroid dienone is 2. The molecule has 2 heterocycles. The lowest BCUT2D eigenvalue weighted by atomic mass is 10.0. The Morgan fingerprint density at radius 3 is 2.36 bits per heavy atom. The molecule has 1 fully saturated rings. The van der Waals surface area contributed by atoms with E-state index in [9.17, 15) is 14.4 Å². The summed E-state index contributed by atoms with van der Waals surface area (Å²) in [7, 11) is 1.32. The summed E-state index contributed by atoms with van der Waals surface area (Å²) >= 11 is 0. The maximum atomic E-state index is 13.4. The highest BCUT2D eigenvalue weighted by Gasteiger charge is 2.48. The number of carbonyl (C=O) groups is 3. The largest absolute Gasteiger partial charge is 0.479 e. The van der Waals surface area contributed by atoms with Gasteiger partial charge in [0.2, 0.25) is 0 Å². The molecule has 0 bridgehead atoms. The molecule has 2 aliphatic rings. The Labute approximate surface area is 212 Å². The van der Waals surface area contributed by atoms with Crippen molar-refractivity contribution < 1.29 is 33.7 Å². The number of hydrogen-bond acceptors (Lipinski definition) is 7. The molecule has 1 saturated heterocycles. The molecule has 0 saturated carbocycles. The average molecular weight is 500 g/mol. The van der Waals surface area contributed by atoms with Crippen LogP contribution in [0.4, 0.5) is 4.79 Å². The predicted octanol–water partition coefficient (Wildman–Crippen LogP) is 4.63. The van der Waals surface area contributed by atoms with E-state index >= 15 is 0 Å². The number of benzene rings is 1. The number of hydrogen-bond donors (Lipinski definition) is 1. The molecule has 2 amide bonds. The zero-order valence-corrected chi connectivity index (χ0v) is 21.1. The SMILES string of the molecule is CO[C@@H](C(=O)N1C(=O)O[C@@H](c2ccccc2)[C@H]1C)[C@H]1OC(=CCCCCCCCCCO)C=CC1=O. The van der Waals surface area contributed by atoms with Crippen LogP contribution in [0.15, 0.2) is 54.3 Å². The fourth-order valence-electron chi connectivity index (χ4n) is 4.55. The highest BCUT2D eigenvalue weighted by molar-refractivity contribution is 6.03. The molecule has 3 rings (SSSR count). The van der Waals surface area contributed by atoms with Crippen molar-refractivity contribution in [1.29, 1.82) is 0 Å². The van der Waals surface area contributed by atoms with E-state index in [2.05, 4.69) is 0 Å². The third kappa shape index (κ3) is 7.04. The van der Waals surface area contributed by atoms with Gasteiger partial charge in [0.1, 0.15) is 11.9 Å². The van der Waals surface area contributed by atoms with Crippen molar-refractivity contribution in [1.82, 2.24) is 4.90 Å². The molecule has 0 aliphatic carbocycles. The van der Waals surface area contributed by atoms with E-state index < -0.39 is 42.1 Å². The maximum absolute atomic E-state index is 13.4. The lowest BCUT2D eigenvalue weighted by Gasteiger charge is -2.30. The highest BCUT2D eigenvalue weighted by Crippen LogP contribution is 2.33. The Bertz CT molecular complexity index is 942. The summed E-state index contributed by atoms with van der Waals surface area (Å²) in [5, 5.41) is 8.82. The minimum atomic E-state index is -1.28. The third-order valence-corrected chi connectivity index (χ3v) is 6.57. The quantitative estimate of drug-likeness (QED) is 0.395. The molecule has 0 unspecified atom stereocenters. The van der Waals surface area contributed by atoms with Crippen LogP contribution in [0.2, 0.25) is 0 Å². The summed E-state index contributed by atoms with van der Waals surface area (Å²) in [5.74, 6) is -0.547. The van der Waals surface area contributed by atoms with Crippen molar-refractivity contribution in [3.63, 3.8) is 0 Å². The Morgan fingerprint density at radius 1 is 1.03 bits per heavy atom. The van der Waals surface area contributed by atoms with Gasteiger partial charge in [0.25, 0.3) is 5.91 Å². The molecule has 4 atom stereocenters. The lowest BCUT2D eigenvalue weighted by molar-refractivity contribution is -0.153. The summed E-state index contributed by atoms with van der Waals surface area (Å²) in [5.41, 5.74) is 0.783. The summed E-state index contributed by atoms with van der Waals surface area (Å²) in [4.78, 5) is 39.6. The fraction of sp³-hybridized carbons (Fsp3) is 0.536. The van der Waals surface area contributed by atoms with Crippen LogP contribution in [0.5, 0.6) is 0 Å². The molecule has 0 radical (unpaired) electrons. The summed E-state index contributed by atoms with van der Waals surface area (Å²) < 4.78 is 16.7. The van der Waals surface area contributed by atoms with Crippen molar-refractivity contribution >= 4 is 17.8 Å². The smallest absolute Gasteiger partial charge is 0.417 e. The average Bonchev–Trinajstić information content (AvgIpc) is 3.19. The standard InChI is InChI=1S/C28H37NO7/c1-20-24(21-14-10-9-11-15-21)36-28(33)29(20)27(32)26(34-2)25-23(31)18-17-22(35-25)16-12-7-5-3-4-6-8-13-19-30/h9-11,14-18,20,24-26,30H,3-8,12-13,19H2,1-2H3/t20-,24-,25+,26-/m1/s1. The number of nitrogens with zero attached hydrogens (tertiary/aromatic N) is 1. The van der Waals surface area contributed by atoms with Crippen molar-refractivity contribution in [3.8, 4) is 0 Å². The van der Waals surface area contributed by atoms with E-state index in [0.717, 1.165) is 61.8 Å². The molecule has 2 aliphatic heterocycles. The highest BCUT2D eigenvalue weighted by atomic mass is 16.6.